The summed E-state index contributed by atoms with van der Waals surface area (Å²) in [5, 5.41) is 3.03. The third-order valence-corrected chi connectivity index (χ3v) is 5.80. The summed E-state index contributed by atoms with van der Waals surface area (Å²) in [7, 11) is 0. The first-order valence-corrected chi connectivity index (χ1v) is 10.1. The molecule has 0 atom stereocenters. The Morgan fingerprint density at radius 1 is 1.00 bits per heavy atom. The molecular formula is C21H30ClN3O2. The molecule has 0 unspecified atom stereocenters. The maximum Gasteiger partial charge on any atom is 0.234 e. The number of rotatable bonds is 5. The average molecular weight is 392 g/mol. The molecule has 0 bridgehead atoms. The molecule has 4 rings (SSSR count). The van der Waals surface area contributed by atoms with Crippen LogP contribution in [0.1, 0.15) is 42.4 Å². The predicted molar refractivity (Wildman–Crippen MR) is 108 cm³/mol. The molecule has 0 radical (unpaired) electrons. The van der Waals surface area contributed by atoms with Gasteiger partial charge in [-0.3, -0.25) is 14.5 Å². The van der Waals surface area contributed by atoms with Gasteiger partial charge in [-0.15, -0.1) is 12.4 Å². The molecule has 2 fully saturated rings. The van der Waals surface area contributed by atoms with Gasteiger partial charge in [-0.25, -0.2) is 0 Å². The molecule has 1 saturated heterocycles. The molecule has 2 amide bonds. The lowest BCUT2D eigenvalue weighted by Gasteiger charge is -2.34. The number of fused-ring (bicyclic) bond motifs is 1. The van der Waals surface area contributed by atoms with Crippen LogP contribution in [0.2, 0.25) is 0 Å². The van der Waals surface area contributed by atoms with E-state index in [0.717, 1.165) is 51.0 Å². The summed E-state index contributed by atoms with van der Waals surface area (Å²) < 4.78 is 0. The number of carbonyl (C=O) groups excluding carboxylic acids is 2. The molecule has 1 N–H and O–H groups in total. The number of nitrogens with zero attached hydrogens (tertiary/aromatic N) is 2. The molecule has 148 valence electrons. The highest BCUT2D eigenvalue weighted by molar-refractivity contribution is 5.85. The summed E-state index contributed by atoms with van der Waals surface area (Å²) in [4.78, 5) is 28.7. The molecule has 2 aliphatic carbocycles. The van der Waals surface area contributed by atoms with Gasteiger partial charge in [0.15, 0.2) is 0 Å². The first-order chi connectivity index (χ1) is 12.7. The third kappa shape index (κ3) is 5.45. The van der Waals surface area contributed by atoms with Crippen molar-refractivity contribution in [2.75, 3.05) is 32.7 Å². The molecule has 27 heavy (non-hydrogen) atoms. The number of hydrogen-bond donors (Lipinski definition) is 1. The van der Waals surface area contributed by atoms with E-state index in [2.05, 4.69) is 28.4 Å². The highest BCUT2D eigenvalue weighted by atomic mass is 35.5. The molecule has 5 nitrogen and oxygen atoms in total. The van der Waals surface area contributed by atoms with Gasteiger partial charge < -0.3 is 10.2 Å². The van der Waals surface area contributed by atoms with Crippen molar-refractivity contribution in [3.05, 3.63) is 34.9 Å². The SMILES string of the molecule is Cl.O=C(CN1CCN(C(=O)Cc2ccc3c(c2)CCCC3)CC1)NC1CC1. The largest absolute Gasteiger partial charge is 0.352 e. The standard InChI is InChI=1S/C21H29N3O2.ClH/c25-20(22-19-7-8-19)15-23-9-11-24(12-10-23)21(26)14-16-5-6-17-3-1-2-4-18(17)13-16;/h5-6,13,19H,1-4,7-12,14-15H2,(H,22,25);1H. The van der Waals surface area contributed by atoms with Crippen molar-refractivity contribution in [3.63, 3.8) is 0 Å². The number of benzene rings is 1. The Morgan fingerprint density at radius 2 is 1.70 bits per heavy atom. The Labute approximate surface area is 167 Å². The van der Waals surface area contributed by atoms with E-state index in [4.69, 9.17) is 0 Å². The van der Waals surface area contributed by atoms with Crippen LogP contribution in [0.4, 0.5) is 0 Å². The van der Waals surface area contributed by atoms with Crippen LogP contribution < -0.4 is 5.32 Å². The third-order valence-electron chi connectivity index (χ3n) is 5.80. The zero-order valence-electron chi connectivity index (χ0n) is 15.9. The van der Waals surface area contributed by atoms with Crippen LogP contribution in [0.3, 0.4) is 0 Å². The van der Waals surface area contributed by atoms with Crippen LogP contribution in [0.25, 0.3) is 0 Å². The smallest absolute Gasteiger partial charge is 0.234 e. The summed E-state index contributed by atoms with van der Waals surface area (Å²) in [6, 6.07) is 7.00. The number of halogens is 1. The zero-order valence-corrected chi connectivity index (χ0v) is 16.7. The van der Waals surface area contributed by atoms with E-state index in [1.54, 1.807) is 0 Å². The van der Waals surface area contributed by atoms with Gasteiger partial charge in [0.2, 0.25) is 11.8 Å². The number of hydrogen-bond acceptors (Lipinski definition) is 3. The Morgan fingerprint density at radius 3 is 2.41 bits per heavy atom. The number of amides is 2. The normalized spacial score (nSPS) is 19.8. The minimum Gasteiger partial charge on any atom is -0.352 e. The number of aryl methyl sites for hydroxylation is 2. The van der Waals surface area contributed by atoms with Crippen molar-refractivity contribution in [1.29, 1.82) is 0 Å². The first kappa shape index (κ1) is 20.2. The molecule has 1 heterocycles. The average Bonchev–Trinajstić information content (AvgIpc) is 3.46. The van der Waals surface area contributed by atoms with Crippen LogP contribution in [-0.4, -0.2) is 60.4 Å². The van der Waals surface area contributed by atoms with Crippen LogP contribution in [0, 0.1) is 0 Å². The van der Waals surface area contributed by atoms with E-state index >= 15 is 0 Å². The Balaban J connectivity index is 0.00000210. The number of nitrogens with one attached hydrogen (secondary N) is 1. The molecule has 1 saturated carbocycles. The fourth-order valence-corrected chi connectivity index (χ4v) is 4.04. The highest BCUT2D eigenvalue weighted by Crippen LogP contribution is 2.23. The van der Waals surface area contributed by atoms with Crippen molar-refractivity contribution in [3.8, 4) is 0 Å². The fraction of sp³-hybridized carbons (Fsp3) is 0.619. The monoisotopic (exact) mass is 391 g/mol. The van der Waals surface area contributed by atoms with E-state index in [9.17, 15) is 9.59 Å². The van der Waals surface area contributed by atoms with Crippen LogP contribution >= 0.6 is 12.4 Å². The van der Waals surface area contributed by atoms with Crippen LogP contribution in [0.5, 0.6) is 0 Å². The number of piperazine rings is 1. The molecule has 1 aromatic carbocycles. The van der Waals surface area contributed by atoms with Crippen molar-refractivity contribution in [1.82, 2.24) is 15.1 Å². The molecule has 3 aliphatic rings. The summed E-state index contributed by atoms with van der Waals surface area (Å²) in [5.41, 5.74) is 4.04. The van der Waals surface area contributed by atoms with Crippen molar-refractivity contribution >= 4 is 24.2 Å². The first-order valence-electron chi connectivity index (χ1n) is 10.1. The Kier molecular flexibility index (Phi) is 6.77. The fourth-order valence-electron chi connectivity index (χ4n) is 4.04. The zero-order chi connectivity index (χ0) is 17.9. The van der Waals surface area contributed by atoms with Gasteiger partial charge >= 0.3 is 0 Å². The second kappa shape index (κ2) is 9.07. The minimum atomic E-state index is 0. The second-order valence-electron chi connectivity index (χ2n) is 7.99. The lowest BCUT2D eigenvalue weighted by Crippen LogP contribution is -2.51. The van der Waals surface area contributed by atoms with E-state index < -0.39 is 0 Å². The molecule has 6 heteroatoms. The van der Waals surface area contributed by atoms with Gasteiger partial charge in [-0.05, 0) is 55.2 Å². The van der Waals surface area contributed by atoms with Crippen molar-refractivity contribution in [2.45, 2.75) is 51.0 Å². The summed E-state index contributed by atoms with van der Waals surface area (Å²) in [6.07, 6.45) is 7.62. The van der Waals surface area contributed by atoms with Gasteiger partial charge in [-0.1, -0.05) is 18.2 Å². The molecule has 1 aliphatic heterocycles. The second-order valence-corrected chi connectivity index (χ2v) is 7.99. The summed E-state index contributed by atoms with van der Waals surface area (Å²) in [5.74, 6) is 0.337. The quantitative estimate of drug-likeness (QED) is 0.834. The predicted octanol–water partition coefficient (Wildman–Crippen LogP) is 1.95. The summed E-state index contributed by atoms with van der Waals surface area (Å²) in [6.45, 7) is 3.48. The lowest BCUT2D eigenvalue weighted by molar-refractivity contribution is -0.132. The van der Waals surface area contributed by atoms with Gasteiger partial charge in [0.1, 0.15) is 0 Å². The minimum absolute atomic E-state index is 0. The van der Waals surface area contributed by atoms with Crippen molar-refractivity contribution in [2.24, 2.45) is 0 Å². The molecule has 0 spiro atoms. The van der Waals surface area contributed by atoms with E-state index in [1.165, 1.54) is 30.4 Å². The molecule has 1 aromatic rings. The van der Waals surface area contributed by atoms with Crippen LogP contribution in [0.15, 0.2) is 18.2 Å². The maximum atomic E-state index is 12.6. The lowest BCUT2D eigenvalue weighted by atomic mass is 9.90. The molecule has 0 aromatic heterocycles. The van der Waals surface area contributed by atoms with Crippen LogP contribution in [-0.2, 0) is 28.9 Å². The topological polar surface area (TPSA) is 52.7 Å². The number of carbonyl (C=O) groups is 2. The van der Waals surface area contributed by atoms with Gasteiger partial charge in [0, 0.05) is 32.2 Å². The Bertz CT molecular complexity index is 682. The van der Waals surface area contributed by atoms with Gasteiger partial charge in [0.05, 0.1) is 13.0 Å². The Hall–Kier alpha value is -1.59. The van der Waals surface area contributed by atoms with E-state index in [-0.39, 0.29) is 24.2 Å². The summed E-state index contributed by atoms with van der Waals surface area (Å²) >= 11 is 0. The highest BCUT2D eigenvalue weighted by Gasteiger charge is 2.26. The van der Waals surface area contributed by atoms with Gasteiger partial charge in [0.25, 0.3) is 0 Å². The van der Waals surface area contributed by atoms with E-state index in [1.807, 2.05) is 4.90 Å². The molecular weight excluding hydrogens is 362 g/mol. The van der Waals surface area contributed by atoms with Gasteiger partial charge in [-0.2, -0.15) is 0 Å². The van der Waals surface area contributed by atoms with Crippen molar-refractivity contribution < 1.29 is 9.59 Å². The maximum absolute atomic E-state index is 12.6. The van der Waals surface area contributed by atoms with E-state index in [0.29, 0.717) is 19.0 Å².